The van der Waals surface area contributed by atoms with Crippen molar-refractivity contribution in [1.29, 1.82) is 0 Å². The van der Waals surface area contributed by atoms with E-state index in [9.17, 15) is 13.2 Å². The normalized spacial score (nSPS) is 16.0. The molecule has 4 rings (SSSR count). The number of rotatable bonds is 6. The number of nitrogens with zero attached hydrogens (tertiary/aromatic N) is 2. The van der Waals surface area contributed by atoms with Gasteiger partial charge >= 0.3 is 5.63 Å². The second-order valence-electron chi connectivity index (χ2n) is 8.36. The Morgan fingerprint density at radius 1 is 1.00 bits per heavy atom. The molecular weight excluding hydrogens is 428 g/mol. The maximum atomic E-state index is 13.1. The third-order valence-corrected chi connectivity index (χ3v) is 7.86. The lowest BCUT2D eigenvalue weighted by atomic mass is 10.0. The van der Waals surface area contributed by atoms with Gasteiger partial charge in [0.2, 0.25) is 10.0 Å². The minimum Gasteiger partial charge on any atom is -0.497 e. The highest BCUT2D eigenvalue weighted by Crippen LogP contribution is 2.25. The lowest BCUT2D eigenvalue weighted by Gasteiger charge is -2.34. The highest BCUT2D eigenvalue weighted by atomic mass is 32.2. The predicted molar refractivity (Wildman–Crippen MR) is 124 cm³/mol. The molecule has 1 saturated heterocycles. The summed E-state index contributed by atoms with van der Waals surface area (Å²) in [6.45, 7) is 6.69. The molecule has 0 unspecified atom stereocenters. The van der Waals surface area contributed by atoms with Gasteiger partial charge in [0.1, 0.15) is 11.3 Å². The van der Waals surface area contributed by atoms with Gasteiger partial charge in [0.25, 0.3) is 0 Å². The first kappa shape index (κ1) is 22.5. The van der Waals surface area contributed by atoms with Crippen LogP contribution < -0.4 is 10.4 Å². The third kappa shape index (κ3) is 4.57. The van der Waals surface area contributed by atoms with Crippen LogP contribution in [0.4, 0.5) is 0 Å². The van der Waals surface area contributed by atoms with Crippen molar-refractivity contribution in [2.45, 2.75) is 31.2 Å². The lowest BCUT2D eigenvalue weighted by Crippen LogP contribution is -2.48. The molecule has 8 heteroatoms. The fourth-order valence-electron chi connectivity index (χ4n) is 4.01. The van der Waals surface area contributed by atoms with E-state index in [2.05, 4.69) is 18.7 Å². The van der Waals surface area contributed by atoms with Crippen LogP contribution >= 0.6 is 0 Å². The van der Waals surface area contributed by atoms with Crippen LogP contribution in [0.25, 0.3) is 11.0 Å². The molecule has 1 aliphatic heterocycles. The summed E-state index contributed by atoms with van der Waals surface area (Å²) in [6.07, 6.45) is 0. The molecule has 0 atom stereocenters. The van der Waals surface area contributed by atoms with Crippen molar-refractivity contribution >= 4 is 21.0 Å². The molecule has 1 aromatic heterocycles. The van der Waals surface area contributed by atoms with E-state index in [4.69, 9.17) is 9.15 Å². The van der Waals surface area contributed by atoms with Crippen molar-refractivity contribution in [2.24, 2.45) is 0 Å². The van der Waals surface area contributed by atoms with E-state index < -0.39 is 15.6 Å². The Labute approximate surface area is 188 Å². The van der Waals surface area contributed by atoms with Gasteiger partial charge in [-0.3, -0.25) is 4.90 Å². The predicted octanol–water partition coefficient (Wildman–Crippen LogP) is 3.43. The maximum Gasteiger partial charge on any atom is 0.336 e. The molecule has 2 heterocycles. The van der Waals surface area contributed by atoms with Crippen LogP contribution in [0.3, 0.4) is 0 Å². The van der Waals surface area contributed by atoms with Crippen LogP contribution in [0.5, 0.6) is 5.75 Å². The van der Waals surface area contributed by atoms with Gasteiger partial charge in [-0.1, -0.05) is 26.0 Å². The molecule has 32 heavy (non-hydrogen) atoms. The lowest BCUT2D eigenvalue weighted by molar-refractivity contribution is 0.182. The molecule has 0 amide bonds. The summed E-state index contributed by atoms with van der Waals surface area (Å²) >= 11 is 0. The van der Waals surface area contributed by atoms with Crippen molar-refractivity contribution in [3.05, 3.63) is 70.1 Å². The van der Waals surface area contributed by atoms with E-state index >= 15 is 0 Å². The van der Waals surface area contributed by atoms with Crippen molar-refractivity contribution in [1.82, 2.24) is 9.21 Å². The second kappa shape index (κ2) is 9.05. The number of methoxy groups -OCH3 is 1. The number of ether oxygens (including phenoxy) is 1. The maximum absolute atomic E-state index is 13.1. The molecular formula is C24H28N2O5S. The average Bonchev–Trinajstić information content (AvgIpc) is 2.79. The molecule has 0 bridgehead atoms. The molecule has 3 aromatic rings. The average molecular weight is 457 g/mol. The smallest absolute Gasteiger partial charge is 0.336 e. The second-order valence-corrected chi connectivity index (χ2v) is 10.3. The Kier molecular flexibility index (Phi) is 6.37. The first-order chi connectivity index (χ1) is 15.3. The quantitative estimate of drug-likeness (QED) is 0.529. The molecule has 2 aromatic carbocycles. The molecule has 170 valence electrons. The monoisotopic (exact) mass is 456 g/mol. The summed E-state index contributed by atoms with van der Waals surface area (Å²) in [5, 5.41) is 0.852. The van der Waals surface area contributed by atoms with Crippen molar-refractivity contribution in [2.75, 3.05) is 33.3 Å². The zero-order chi connectivity index (χ0) is 22.9. The highest BCUT2D eigenvalue weighted by Gasteiger charge is 2.28. The fourth-order valence-corrected chi connectivity index (χ4v) is 5.43. The zero-order valence-corrected chi connectivity index (χ0v) is 19.4. The van der Waals surface area contributed by atoms with Gasteiger partial charge < -0.3 is 9.15 Å². The third-order valence-electron chi connectivity index (χ3n) is 5.95. The largest absolute Gasteiger partial charge is 0.497 e. The minimum atomic E-state index is -3.52. The Bertz CT molecular complexity index is 1260. The summed E-state index contributed by atoms with van der Waals surface area (Å²) in [5.74, 6) is 0.978. The van der Waals surface area contributed by atoms with Gasteiger partial charge in [-0.15, -0.1) is 0 Å². The van der Waals surface area contributed by atoms with Crippen molar-refractivity contribution in [3.63, 3.8) is 0 Å². The molecule has 1 aliphatic rings. The molecule has 0 saturated carbocycles. The SMILES string of the molecule is COc1ccc2c(CN3CCN(S(=O)(=O)c4ccc(C(C)C)cc4)CC3)cc(=O)oc2c1. The first-order valence-corrected chi connectivity index (χ1v) is 12.1. The van der Waals surface area contributed by atoms with E-state index in [1.54, 1.807) is 25.3 Å². The Hall–Kier alpha value is -2.68. The summed E-state index contributed by atoms with van der Waals surface area (Å²) in [6, 6.07) is 14.1. The number of piperazine rings is 1. The summed E-state index contributed by atoms with van der Waals surface area (Å²) in [4.78, 5) is 14.5. The van der Waals surface area contributed by atoms with Crippen molar-refractivity contribution < 1.29 is 17.6 Å². The summed E-state index contributed by atoms with van der Waals surface area (Å²) in [5.41, 5.74) is 2.05. The number of hydrogen-bond acceptors (Lipinski definition) is 6. The first-order valence-electron chi connectivity index (χ1n) is 10.7. The number of benzene rings is 2. The molecule has 0 aliphatic carbocycles. The van der Waals surface area contributed by atoms with E-state index in [1.807, 2.05) is 24.3 Å². The van der Waals surface area contributed by atoms with Gasteiger partial charge in [-0.25, -0.2) is 13.2 Å². The molecule has 1 fully saturated rings. The van der Waals surface area contributed by atoms with Crippen LogP contribution in [0.1, 0.15) is 30.9 Å². The molecule has 0 spiro atoms. The number of fused-ring (bicyclic) bond motifs is 1. The Morgan fingerprint density at radius 2 is 1.69 bits per heavy atom. The summed E-state index contributed by atoms with van der Waals surface area (Å²) < 4.78 is 38.2. The molecule has 0 N–H and O–H groups in total. The van der Waals surface area contributed by atoms with Crippen LogP contribution in [0.15, 0.2) is 62.6 Å². The van der Waals surface area contributed by atoms with E-state index in [0.717, 1.165) is 16.5 Å². The number of sulfonamides is 1. The minimum absolute atomic E-state index is 0.330. The van der Waals surface area contributed by atoms with Gasteiger partial charge in [-0.2, -0.15) is 4.31 Å². The highest BCUT2D eigenvalue weighted by molar-refractivity contribution is 7.89. The van der Waals surface area contributed by atoms with E-state index in [1.165, 1.54) is 10.4 Å². The Balaban J connectivity index is 1.47. The van der Waals surface area contributed by atoms with Gasteiger partial charge in [0.05, 0.1) is 12.0 Å². The van der Waals surface area contributed by atoms with Crippen LogP contribution in [0, 0.1) is 0 Å². The fraction of sp³-hybridized carbons (Fsp3) is 0.375. The molecule has 0 radical (unpaired) electrons. The van der Waals surface area contributed by atoms with Gasteiger partial charge in [-0.05, 0) is 41.3 Å². The standard InChI is InChI=1S/C24H28N2O5S/c1-17(2)18-4-7-21(8-5-18)32(28,29)26-12-10-25(11-13-26)16-19-14-24(27)31-23-15-20(30-3)6-9-22(19)23/h4-9,14-15,17H,10-13,16H2,1-3H3. The van der Waals surface area contributed by atoms with Crippen LogP contribution in [-0.4, -0.2) is 50.9 Å². The Morgan fingerprint density at radius 3 is 2.31 bits per heavy atom. The number of hydrogen-bond donors (Lipinski definition) is 0. The van der Waals surface area contributed by atoms with Crippen molar-refractivity contribution in [3.8, 4) is 5.75 Å². The van der Waals surface area contributed by atoms with Crippen LogP contribution in [0.2, 0.25) is 0 Å². The topological polar surface area (TPSA) is 80.1 Å². The molecule has 7 nitrogen and oxygen atoms in total. The summed E-state index contributed by atoms with van der Waals surface area (Å²) in [7, 11) is -1.96. The van der Waals surface area contributed by atoms with Gasteiger partial charge in [0.15, 0.2) is 0 Å². The zero-order valence-electron chi connectivity index (χ0n) is 18.6. The van der Waals surface area contributed by atoms with E-state index in [0.29, 0.717) is 54.9 Å². The van der Waals surface area contributed by atoms with E-state index in [-0.39, 0.29) is 0 Å². The van der Waals surface area contributed by atoms with Gasteiger partial charge in [0, 0.05) is 50.2 Å². The van der Waals surface area contributed by atoms with Crippen LogP contribution in [-0.2, 0) is 16.6 Å².